The first kappa shape index (κ1) is 22.1. The smallest absolute Gasteiger partial charge is 0.342 e. The molecule has 1 unspecified atom stereocenters. The number of hydrazone groups is 1. The number of hydrogen-bond donors (Lipinski definition) is 1. The Hall–Kier alpha value is -2.57. The van der Waals surface area contributed by atoms with Crippen LogP contribution < -0.4 is 5.32 Å². The highest BCUT2D eigenvalue weighted by Gasteiger charge is 2.31. The molecule has 1 N–H and O–H groups in total. The van der Waals surface area contributed by atoms with Crippen molar-refractivity contribution in [3.8, 4) is 0 Å². The van der Waals surface area contributed by atoms with Gasteiger partial charge in [-0.25, -0.2) is 9.80 Å². The first-order valence-electron chi connectivity index (χ1n) is 9.72. The lowest BCUT2D eigenvalue weighted by Crippen LogP contribution is -2.30. The van der Waals surface area contributed by atoms with Gasteiger partial charge in [0.05, 0.1) is 12.3 Å². The second-order valence-corrected chi connectivity index (χ2v) is 8.26. The molecular weight excluding hydrogens is 423 g/mol. The maximum atomic E-state index is 12.7. The summed E-state index contributed by atoms with van der Waals surface area (Å²) in [6.07, 6.45) is 1.95. The van der Waals surface area contributed by atoms with E-state index in [1.807, 2.05) is 24.3 Å². The third-order valence-corrected chi connectivity index (χ3v) is 5.42. The van der Waals surface area contributed by atoms with E-state index >= 15 is 0 Å². The normalized spacial score (nSPS) is 15.7. The van der Waals surface area contributed by atoms with Crippen LogP contribution in [0.4, 0.5) is 10.5 Å². The molecule has 8 heteroatoms. The molecule has 1 heterocycles. The number of amides is 3. The molecule has 0 bridgehead atoms. The molecule has 1 aliphatic heterocycles. The molecule has 1 atom stereocenters. The van der Waals surface area contributed by atoms with Gasteiger partial charge in [0.25, 0.3) is 0 Å². The summed E-state index contributed by atoms with van der Waals surface area (Å²) in [5.41, 5.74) is 2.40. The van der Waals surface area contributed by atoms with Crippen molar-refractivity contribution in [1.29, 1.82) is 0 Å². The Morgan fingerprint density at radius 1 is 1.07 bits per heavy atom. The molecule has 3 rings (SSSR count). The summed E-state index contributed by atoms with van der Waals surface area (Å²) in [5, 5.41) is 10.1. The van der Waals surface area contributed by atoms with Gasteiger partial charge in [-0.15, -0.1) is 0 Å². The number of halogens is 2. The van der Waals surface area contributed by atoms with Crippen LogP contribution in [-0.4, -0.2) is 48.2 Å². The van der Waals surface area contributed by atoms with E-state index in [1.54, 1.807) is 43.3 Å². The van der Waals surface area contributed by atoms with Gasteiger partial charge in [-0.2, -0.15) is 5.10 Å². The summed E-state index contributed by atoms with van der Waals surface area (Å²) < 4.78 is 0. The van der Waals surface area contributed by atoms with E-state index in [2.05, 4.69) is 10.4 Å². The number of nitrogens with one attached hydrogen (secondary N) is 1. The van der Waals surface area contributed by atoms with Gasteiger partial charge in [-0.1, -0.05) is 35.3 Å². The van der Waals surface area contributed by atoms with Crippen LogP contribution in [-0.2, 0) is 4.79 Å². The van der Waals surface area contributed by atoms with Crippen LogP contribution in [0.25, 0.3) is 0 Å². The minimum absolute atomic E-state index is 0.0390. The molecule has 0 spiro atoms. The van der Waals surface area contributed by atoms with Crippen LogP contribution in [0.15, 0.2) is 53.6 Å². The molecule has 0 radical (unpaired) electrons. The zero-order chi connectivity index (χ0) is 21.7. The second-order valence-electron chi connectivity index (χ2n) is 7.39. The zero-order valence-electron chi connectivity index (χ0n) is 16.9. The van der Waals surface area contributed by atoms with Gasteiger partial charge in [-0.05, 0) is 54.8 Å². The molecule has 0 aliphatic carbocycles. The topological polar surface area (TPSA) is 65.0 Å². The highest BCUT2D eigenvalue weighted by atomic mass is 35.5. The number of hydrogen-bond acceptors (Lipinski definition) is 3. The fourth-order valence-corrected chi connectivity index (χ4v) is 3.51. The quantitative estimate of drug-likeness (QED) is 0.668. The molecule has 3 amide bonds. The van der Waals surface area contributed by atoms with Gasteiger partial charge in [0.15, 0.2) is 0 Å². The Kier molecular flexibility index (Phi) is 7.34. The Bertz CT molecular complexity index is 927. The van der Waals surface area contributed by atoms with Gasteiger partial charge in [0.1, 0.15) is 0 Å². The van der Waals surface area contributed by atoms with Crippen molar-refractivity contribution in [3.63, 3.8) is 0 Å². The average Bonchev–Trinajstić information content (AvgIpc) is 3.14. The van der Waals surface area contributed by atoms with Gasteiger partial charge in [0, 0.05) is 42.2 Å². The Morgan fingerprint density at radius 2 is 1.67 bits per heavy atom. The Labute approximate surface area is 186 Å². The number of carbonyl (C=O) groups is 2. The summed E-state index contributed by atoms with van der Waals surface area (Å²) in [7, 11) is 3.50. The third-order valence-electron chi connectivity index (χ3n) is 4.92. The van der Waals surface area contributed by atoms with Crippen LogP contribution >= 0.6 is 23.2 Å². The van der Waals surface area contributed by atoms with Gasteiger partial charge < -0.3 is 10.2 Å². The predicted octanol–water partition coefficient (Wildman–Crippen LogP) is 5.12. The van der Waals surface area contributed by atoms with Crippen molar-refractivity contribution >= 4 is 46.5 Å². The van der Waals surface area contributed by atoms with Gasteiger partial charge in [0.2, 0.25) is 5.91 Å². The molecule has 30 heavy (non-hydrogen) atoms. The predicted molar refractivity (Wildman–Crippen MR) is 121 cm³/mol. The number of urea groups is 1. The van der Waals surface area contributed by atoms with Crippen molar-refractivity contribution in [1.82, 2.24) is 9.91 Å². The monoisotopic (exact) mass is 446 g/mol. The fourth-order valence-electron chi connectivity index (χ4n) is 3.26. The summed E-state index contributed by atoms with van der Waals surface area (Å²) >= 11 is 11.9. The molecule has 158 valence electrons. The number of nitrogens with zero attached hydrogens (tertiary/aromatic N) is 3. The van der Waals surface area contributed by atoms with Gasteiger partial charge in [-0.3, -0.25) is 4.79 Å². The second kappa shape index (κ2) is 9.96. The van der Waals surface area contributed by atoms with Crippen LogP contribution in [0.1, 0.15) is 24.8 Å². The SMILES string of the molecule is CN(C)C(=O)CCCC1CN(C(=O)Nc2ccc(Cl)cc2)N=C1c1ccc(Cl)cc1. The Morgan fingerprint density at radius 3 is 2.27 bits per heavy atom. The van der Waals surface area contributed by atoms with E-state index in [-0.39, 0.29) is 17.9 Å². The van der Waals surface area contributed by atoms with E-state index in [0.29, 0.717) is 28.7 Å². The molecule has 2 aromatic rings. The Balaban J connectivity index is 1.72. The van der Waals surface area contributed by atoms with Gasteiger partial charge >= 0.3 is 6.03 Å². The minimum atomic E-state index is -0.310. The number of carbonyl (C=O) groups excluding carboxylic acids is 2. The first-order chi connectivity index (χ1) is 14.3. The lowest BCUT2D eigenvalue weighted by molar-refractivity contribution is -0.128. The molecule has 1 aliphatic rings. The molecule has 0 fully saturated rings. The van der Waals surface area contributed by atoms with Crippen molar-refractivity contribution < 1.29 is 9.59 Å². The zero-order valence-corrected chi connectivity index (χ0v) is 18.5. The van der Waals surface area contributed by atoms with E-state index in [9.17, 15) is 9.59 Å². The van der Waals surface area contributed by atoms with E-state index in [1.165, 1.54) is 5.01 Å². The van der Waals surface area contributed by atoms with Crippen molar-refractivity contribution in [3.05, 3.63) is 64.1 Å². The summed E-state index contributed by atoms with van der Waals surface area (Å²) in [6.45, 7) is 0.452. The fraction of sp³-hybridized carbons (Fsp3) is 0.318. The number of rotatable bonds is 6. The maximum Gasteiger partial charge on any atom is 0.342 e. The summed E-state index contributed by atoms with van der Waals surface area (Å²) in [4.78, 5) is 26.2. The number of anilines is 1. The van der Waals surface area contributed by atoms with E-state index < -0.39 is 0 Å². The average molecular weight is 447 g/mol. The third kappa shape index (κ3) is 5.74. The van der Waals surface area contributed by atoms with Crippen LogP contribution in [0, 0.1) is 5.92 Å². The van der Waals surface area contributed by atoms with Crippen molar-refractivity contribution in [2.75, 3.05) is 26.0 Å². The summed E-state index contributed by atoms with van der Waals surface area (Å²) in [6, 6.07) is 14.0. The minimum Gasteiger partial charge on any atom is -0.349 e. The highest BCUT2D eigenvalue weighted by molar-refractivity contribution is 6.31. The highest BCUT2D eigenvalue weighted by Crippen LogP contribution is 2.26. The van der Waals surface area contributed by atoms with E-state index in [0.717, 1.165) is 24.1 Å². The molecule has 6 nitrogen and oxygen atoms in total. The van der Waals surface area contributed by atoms with Crippen LogP contribution in [0.2, 0.25) is 10.0 Å². The van der Waals surface area contributed by atoms with Crippen molar-refractivity contribution in [2.45, 2.75) is 19.3 Å². The molecule has 2 aromatic carbocycles. The lowest BCUT2D eigenvalue weighted by Gasteiger charge is -2.16. The lowest BCUT2D eigenvalue weighted by atomic mass is 9.92. The van der Waals surface area contributed by atoms with E-state index in [4.69, 9.17) is 23.2 Å². The van der Waals surface area contributed by atoms with Crippen molar-refractivity contribution in [2.24, 2.45) is 11.0 Å². The standard InChI is InChI=1S/C22H24Cl2N4O2/c1-27(2)20(29)5-3-4-16-14-28(22(30)25-19-12-10-18(24)11-13-19)26-21(16)15-6-8-17(23)9-7-15/h6-13,16H,3-5,14H2,1-2H3,(H,25,30). The van der Waals surface area contributed by atoms with Crippen LogP contribution in [0.3, 0.4) is 0 Å². The molecule has 0 saturated heterocycles. The maximum absolute atomic E-state index is 12.7. The molecular formula is C22H24Cl2N4O2. The summed E-state index contributed by atoms with van der Waals surface area (Å²) in [5.74, 6) is 0.132. The largest absolute Gasteiger partial charge is 0.349 e. The first-order valence-corrected chi connectivity index (χ1v) is 10.5. The molecule has 0 aromatic heterocycles. The van der Waals surface area contributed by atoms with Crippen LogP contribution in [0.5, 0.6) is 0 Å². The number of benzene rings is 2. The molecule has 0 saturated carbocycles.